The molecule has 5 nitrogen and oxygen atoms in total. The molecule has 1 fully saturated rings. The predicted octanol–water partition coefficient (Wildman–Crippen LogP) is 0.761. The fourth-order valence-electron chi connectivity index (χ4n) is 2.72. The first-order valence-corrected chi connectivity index (χ1v) is 6.44. The molecule has 2 aliphatic rings. The summed E-state index contributed by atoms with van der Waals surface area (Å²) in [4.78, 5) is 18.3. The Kier molecular flexibility index (Phi) is 4.01. The van der Waals surface area contributed by atoms with Crippen LogP contribution < -0.4 is 5.73 Å². The van der Waals surface area contributed by atoms with Gasteiger partial charge >= 0.3 is 5.97 Å². The Hall–Kier alpha value is -1.36. The third kappa shape index (κ3) is 2.72. The van der Waals surface area contributed by atoms with Gasteiger partial charge < -0.3 is 10.5 Å². The molecule has 0 aliphatic carbocycles. The Labute approximate surface area is 108 Å². The fourth-order valence-corrected chi connectivity index (χ4v) is 2.72. The molecule has 18 heavy (non-hydrogen) atoms. The van der Waals surface area contributed by atoms with Crippen molar-refractivity contribution in [1.29, 1.82) is 0 Å². The van der Waals surface area contributed by atoms with E-state index >= 15 is 0 Å². The SMILES string of the molecule is COC(=O)C1CCN(C2N=CC(N)=CC2C)CC1. The van der Waals surface area contributed by atoms with Gasteiger partial charge in [0.05, 0.1) is 13.0 Å². The molecular formula is C13H21N3O2. The lowest BCUT2D eigenvalue weighted by molar-refractivity contribution is -0.147. The molecule has 0 spiro atoms. The average Bonchev–Trinajstić information content (AvgIpc) is 2.38. The summed E-state index contributed by atoms with van der Waals surface area (Å²) in [5.41, 5.74) is 6.47. The van der Waals surface area contributed by atoms with Crippen molar-refractivity contribution >= 4 is 12.2 Å². The van der Waals surface area contributed by atoms with E-state index in [1.807, 2.05) is 6.08 Å². The van der Waals surface area contributed by atoms with Crippen LogP contribution in [0.4, 0.5) is 0 Å². The van der Waals surface area contributed by atoms with Gasteiger partial charge in [0.1, 0.15) is 6.17 Å². The molecule has 2 rings (SSSR count). The standard InChI is InChI=1S/C13H21N3O2/c1-9-7-11(14)8-15-12(9)16-5-3-10(4-6-16)13(17)18-2/h7-10,12H,3-6,14H2,1-2H3. The van der Waals surface area contributed by atoms with E-state index in [1.54, 1.807) is 6.21 Å². The number of carbonyl (C=O) groups is 1. The van der Waals surface area contributed by atoms with E-state index < -0.39 is 0 Å². The molecule has 2 atom stereocenters. The number of ether oxygens (including phenoxy) is 1. The Bertz CT molecular complexity index is 370. The predicted molar refractivity (Wildman–Crippen MR) is 70.0 cm³/mol. The smallest absolute Gasteiger partial charge is 0.308 e. The van der Waals surface area contributed by atoms with Crippen LogP contribution in [0.25, 0.3) is 0 Å². The number of nitrogens with two attached hydrogens (primary N) is 1. The third-order valence-electron chi connectivity index (χ3n) is 3.74. The van der Waals surface area contributed by atoms with Gasteiger partial charge in [-0.25, -0.2) is 0 Å². The van der Waals surface area contributed by atoms with Gasteiger partial charge in [-0.3, -0.25) is 14.7 Å². The van der Waals surface area contributed by atoms with Crippen molar-refractivity contribution < 1.29 is 9.53 Å². The van der Waals surface area contributed by atoms with E-state index in [0.29, 0.717) is 5.92 Å². The molecule has 2 aliphatic heterocycles. The van der Waals surface area contributed by atoms with Gasteiger partial charge in [-0.2, -0.15) is 0 Å². The minimum Gasteiger partial charge on any atom is -0.469 e. The van der Waals surface area contributed by atoms with E-state index in [4.69, 9.17) is 10.5 Å². The van der Waals surface area contributed by atoms with Crippen LogP contribution >= 0.6 is 0 Å². The second-order valence-electron chi connectivity index (χ2n) is 5.05. The number of esters is 1. The van der Waals surface area contributed by atoms with E-state index in [2.05, 4.69) is 16.8 Å². The Morgan fingerprint density at radius 3 is 2.72 bits per heavy atom. The van der Waals surface area contributed by atoms with Crippen molar-refractivity contribution in [3.63, 3.8) is 0 Å². The van der Waals surface area contributed by atoms with Crippen molar-refractivity contribution in [3.05, 3.63) is 11.8 Å². The Morgan fingerprint density at radius 1 is 1.50 bits per heavy atom. The third-order valence-corrected chi connectivity index (χ3v) is 3.74. The zero-order valence-electron chi connectivity index (χ0n) is 11.0. The number of aliphatic imine (C=N–C) groups is 1. The monoisotopic (exact) mass is 251 g/mol. The molecule has 0 radical (unpaired) electrons. The molecule has 0 aromatic carbocycles. The molecular weight excluding hydrogens is 230 g/mol. The van der Waals surface area contributed by atoms with Crippen LogP contribution in [0.15, 0.2) is 16.8 Å². The molecule has 0 amide bonds. The van der Waals surface area contributed by atoms with Crippen LogP contribution in [0, 0.1) is 11.8 Å². The number of hydrogen-bond donors (Lipinski definition) is 1. The number of rotatable bonds is 2. The molecule has 0 saturated carbocycles. The number of piperidine rings is 1. The van der Waals surface area contributed by atoms with Crippen LogP contribution in [0.5, 0.6) is 0 Å². The van der Waals surface area contributed by atoms with E-state index in [-0.39, 0.29) is 18.1 Å². The first kappa shape index (κ1) is 13.1. The van der Waals surface area contributed by atoms with Gasteiger partial charge in [0.15, 0.2) is 0 Å². The topological polar surface area (TPSA) is 67.9 Å². The zero-order chi connectivity index (χ0) is 13.1. The molecule has 0 aromatic rings. The van der Waals surface area contributed by atoms with Crippen LogP contribution in [0.1, 0.15) is 19.8 Å². The summed E-state index contributed by atoms with van der Waals surface area (Å²) in [5.74, 6) is 0.290. The van der Waals surface area contributed by atoms with Gasteiger partial charge in [-0.05, 0) is 12.8 Å². The lowest BCUT2D eigenvalue weighted by Crippen LogP contribution is -2.45. The van der Waals surface area contributed by atoms with Crippen molar-refractivity contribution in [2.24, 2.45) is 22.6 Å². The van der Waals surface area contributed by atoms with Gasteiger partial charge in [-0.15, -0.1) is 0 Å². The summed E-state index contributed by atoms with van der Waals surface area (Å²) in [6.07, 6.45) is 5.65. The number of likely N-dealkylation sites (tertiary alicyclic amines) is 1. The lowest BCUT2D eigenvalue weighted by Gasteiger charge is -2.37. The summed E-state index contributed by atoms with van der Waals surface area (Å²) >= 11 is 0. The number of allylic oxidation sites excluding steroid dienone is 1. The molecule has 0 aromatic heterocycles. The first-order chi connectivity index (χ1) is 8.61. The summed E-state index contributed by atoms with van der Waals surface area (Å²) in [7, 11) is 1.45. The number of hydrogen-bond acceptors (Lipinski definition) is 5. The molecule has 1 saturated heterocycles. The van der Waals surface area contributed by atoms with E-state index in [9.17, 15) is 4.79 Å². The van der Waals surface area contributed by atoms with Gasteiger partial charge in [-0.1, -0.05) is 13.0 Å². The fraction of sp³-hybridized carbons (Fsp3) is 0.692. The minimum absolute atomic E-state index is 0.0507. The quantitative estimate of drug-likeness (QED) is 0.736. The molecule has 0 bridgehead atoms. The summed E-state index contributed by atoms with van der Waals surface area (Å²) in [6, 6.07) is 0. The average molecular weight is 251 g/mol. The minimum atomic E-state index is -0.0843. The summed E-state index contributed by atoms with van der Waals surface area (Å²) < 4.78 is 4.79. The van der Waals surface area contributed by atoms with Crippen LogP contribution in [-0.4, -0.2) is 43.4 Å². The molecule has 5 heteroatoms. The first-order valence-electron chi connectivity index (χ1n) is 6.44. The largest absolute Gasteiger partial charge is 0.469 e. The van der Waals surface area contributed by atoms with Crippen LogP contribution in [0.3, 0.4) is 0 Å². The highest BCUT2D eigenvalue weighted by Gasteiger charge is 2.31. The lowest BCUT2D eigenvalue weighted by atomic mass is 9.94. The van der Waals surface area contributed by atoms with Crippen LogP contribution in [0.2, 0.25) is 0 Å². The van der Waals surface area contributed by atoms with Crippen LogP contribution in [-0.2, 0) is 9.53 Å². The number of nitrogens with zero attached hydrogens (tertiary/aromatic N) is 2. The second-order valence-corrected chi connectivity index (χ2v) is 5.05. The maximum absolute atomic E-state index is 11.5. The molecule has 100 valence electrons. The highest BCUT2D eigenvalue weighted by atomic mass is 16.5. The number of carbonyl (C=O) groups excluding carboxylic acids is 1. The highest BCUT2D eigenvalue weighted by molar-refractivity contribution is 5.78. The van der Waals surface area contributed by atoms with E-state index in [1.165, 1.54) is 7.11 Å². The summed E-state index contributed by atoms with van der Waals surface area (Å²) in [6.45, 7) is 3.90. The zero-order valence-corrected chi connectivity index (χ0v) is 11.0. The molecule has 2 heterocycles. The van der Waals surface area contributed by atoms with E-state index in [0.717, 1.165) is 31.6 Å². The highest BCUT2D eigenvalue weighted by Crippen LogP contribution is 2.25. The maximum atomic E-state index is 11.5. The normalized spacial score (nSPS) is 30.0. The Balaban J connectivity index is 1.91. The van der Waals surface area contributed by atoms with Crippen molar-refractivity contribution in [1.82, 2.24) is 4.90 Å². The number of dihydropyridines is 1. The van der Waals surface area contributed by atoms with Crippen molar-refractivity contribution in [2.75, 3.05) is 20.2 Å². The van der Waals surface area contributed by atoms with Crippen molar-refractivity contribution in [2.45, 2.75) is 25.9 Å². The molecule has 2 N–H and O–H groups in total. The second kappa shape index (κ2) is 5.52. The Morgan fingerprint density at radius 2 is 2.17 bits per heavy atom. The van der Waals surface area contributed by atoms with Gasteiger partial charge in [0.2, 0.25) is 0 Å². The molecule has 2 unspecified atom stereocenters. The van der Waals surface area contributed by atoms with Gasteiger partial charge in [0.25, 0.3) is 0 Å². The maximum Gasteiger partial charge on any atom is 0.308 e. The summed E-state index contributed by atoms with van der Waals surface area (Å²) in [5, 5.41) is 0. The number of methoxy groups -OCH3 is 1. The van der Waals surface area contributed by atoms with Crippen molar-refractivity contribution in [3.8, 4) is 0 Å². The van der Waals surface area contributed by atoms with Gasteiger partial charge in [0, 0.05) is 30.9 Å².